The van der Waals surface area contributed by atoms with Crippen molar-refractivity contribution in [2.45, 2.75) is 32.6 Å². The highest BCUT2D eigenvalue weighted by molar-refractivity contribution is 5.96. The van der Waals surface area contributed by atoms with Crippen LogP contribution < -0.4 is 5.73 Å². The minimum atomic E-state index is -0.562. The van der Waals surface area contributed by atoms with Gasteiger partial charge in [0.25, 0.3) is 0 Å². The molecule has 0 fully saturated rings. The molecule has 0 bridgehead atoms. The first-order chi connectivity index (χ1) is 10.9. The van der Waals surface area contributed by atoms with Gasteiger partial charge in [0, 0.05) is 22.2 Å². The number of ether oxygens (including phenoxy) is 1. The lowest BCUT2D eigenvalue weighted by molar-refractivity contribution is 0.0595. The van der Waals surface area contributed by atoms with Crippen molar-refractivity contribution in [1.29, 1.82) is 5.26 Å². The third kappa shape index (κ3) is 2.88. The highest BCUT2D eigenvalue weighted by atomic mass is 16.5. The summed E-state index contributed by atoms with van der Waals surface area (Å²) < 4.78 is 4.74. The number of carbonyl (C=O) groups is 1. The Morgan fingerprint density at radius 3 is 2.74 bits per heavy atom. The van der Waals surface area contributed by atoms with Crippen molar-refractivity contribution < 1.29 is 9.53 Å². The van der Waals surface area contributed by atoms with E-state index in [1.807, 2.05) is 20.8 Å². The number of aromatic amines is 1. The van der Waals surface area contributed by atoms with Crippen LogP contribution in [0, 0.1) is 11.3 Å². The minimum Gasteiger partial charge on any atom is -0.464 e. The van der Waals surface area contributed by atoms with Crippen LogP contribution in [-0.4, -0.2) is 28.3 Å². The fourth-order valence-corrected chi connectivity index (χ4v) is 2.17. The van der Waals surface area contributed by atoms with Crippen molar-refractivity contribution in [2.75, 3.05) is 12.8 Å². The molecule has 0 aliphatic carbocycles. The number of methoxy groups -OCH3 is 1. The maximum absolute atomic E-state index is 11.9. The number of nitrogens with two attached hydrogens (primary N) is 1. The smallest absolute Gasteiger partial charge is 0.356 e. The van der Waals surface area contributed by atoms with Gasteiger partial charge in [0.15, 0.2) is 5.69 Å². The van der Waals surface area contributed by atoms with Gasteiger partial charge in [0.1, 0.15) is 17.5 Å². The molecule has 3 N–H and O–H groups in total. The number of nitrogens with zero attached hydrogens (tertiary/aromatic N) is 3. The quantitative estimate of drug-likeness (QED) is 0.837. The van der Waals surface area contributed by atoms with Crippen LogP contribution in [-0.2, 0) is 10.2 Å². The summed E-state index contributed by atoms with van der Waals surface area (Å²) in [6.45, 7) is 6.13. The van der Waals surface area contributed by atoms with E-state index in [2.05, 4.69) is 21.3 Å². The van der Waals surface area contributed by atoms with Crippen molar-refractivity contribution in [3.8, 4) is 17.2 Å². The van der Waals surface area contributed by atoms with Gasteiger partial charge >= 0.3 is 5.97 Å². The molecule has 0 aromatic carbocycles. The van der Waals surface area contributed by atoms with Gasteiger partial charge in [-0.15, -0.1) is 0 Å². The number of esters is 1. The van der Waals surface area contributed by atoms with Gasteiger partial charge in [0.2, 0.25) is 0 Å². The van der Waals surface area contributed by atoms with Gasteiger partial charge in [0.05, 0.1) is 13.3 Å². The average molecular weight is 313 g/mol. The van der Waals surface area contributed by atoms with Gasteiger partial charge in [-0.05, 0) is 12.5 Å². The van der Waals surface area contributed by atoms with E-state index in [4.69, 9.17) is 10.5 Å². The Bertz CT molecular complexity index is 786. The second-order valence-corrected chi connectivity index (χ2v) is 5.81. The van der Waals surface area contributed by atoms with Crippen molar-refractivity contribution in [2.24, 2.45) is 0 Å². The number of carbonyl (C=O) groups excluding carboxylic acids is 1. The Morgan fingerprint density at radius 1 is 1.48 bits per heavy atom. The molecule has 0 amide bonds. The number of pyridine rings is 1. The number of nitrogen functional groups attached to an aromatic ring is 1. The van der Waals surface area contributed by atoms with Gasteiger partial charge in [-0.3, -0.25) is 5.10 Å². The molecule has 0 aliphatic rings. The largest absolute Gasteiger partial charge is 0.464 e. The van der Waals surface area contributed by atoms with Crippen LogP contribution >= 0.6 is 0 Å². The summed E-state index contributed by atoms with van der Waals surface area (Å²) in [7, 11) is 1.28. The van der Waals surface area contributed by atoms with E-state index in [1.165, 1.54) is 13.3 Å². The number of hydrogen-bond acceptors (Lipinski definition) is 6. The molecule has 23 heavy (non-hydrogen) atoms. The number of anilines is 1. The number of rotatable bonds is 4. The van der Waals surface area contributed by atoms with E-state index >= 15 is 0 Å². The summed E-state index contributed by atoms with van der Waals surface area (Å²) in [6.07, 6.45) is 2.32. The number of nitrogens with one attached hydrogen (secondary N) is 1. The zero-order valence-electron chi connectivity index (χ0n) is 13.6. The van der Waals surface area contributed by atoms with Gasteiger partial charge < -0.3 is 10.5 Å². The van der Waals surface area contributed by atoms with Crippen molar-refractivity contribution >= 4 is 11.8 Å². The van der Waals surface area contributed by atoms with E-state index in [0.29, 0.717) is 11.1 Å². The Kier molecular flexibility index (Phi) is 4.36. The number of aromatic nitrogens is 3. The van der Waals surface area contributed by atoms with Gasteiger partial charge in [-0.2, -0.15) is 10.4 Å². The van der Waals surface area contributed by atoms with Crippen LogP contribution in [0.15, 0.2) is 12.3 Å². The summed E-state index contributed by atoms with van der Waals surface area (Å²) in [5.74, 6) is -0.424. The minimum absolute atomic E-state index is 0.138. The SMILES string of the molecule is CCC(C)(C)c1cc(-c2cn[nH]c2C(=O)OC)c(C#N)c(N)n1. The fourth-order valence-electron chi connectivity index (χ4n) is 2.17. The van der Waals surface area contributed by atoms with Crippen LogP contribution in [0.5, 0.6) is 0 Å². The summed E-state index contributed by atoms with van der Waals surface area (Å²) in [4.78, 5) is 16.2. The third-order valence-corrected chi connectivity index (χ3v) is 4.06. The van der Waals surface area contributed by atoms with Gasteiger partial charge in [-0.1, -0.05) is 20.8 Å². The predicted octanol–water partition coefficient (Wildman–Crippen LogP) is 2.40. The Hall–Kier alpha value is -2.88. The molecule has 0 atom stereocenters. The maximum Gasteiger partial charge on any atom is 0.356 e. The van der Waals surface area contributed by atoms with E-state index in [0.717, 1.165) is 12.1 Å². The van der Waals surface area contributed by atoms with Crippen LogP contribution in [0.1, 0.15) is 48.9 Å². The molecule has 0 spiro atoms. The molecule has 0 unspecified atom stereocenters. The predicted molar refractivity (Wildman–Crippen MR) is 85.6 cm³/mol. The van der Waals surface area contributed by atoms with E-state index < -0.39 is 5.97 Å². The molecule has 7 heteroatoms. The monoisotopic (exact) mass is 313 g/mol. The van der Waals surface area contributed by atoms with Crippen LogP contribution in [0.3, 0.4) is 0 Å². The Labute approximate surface area is 134 Å². The molecule has 0 saturated carbocycles. The molecule has 2 aromatic rings. The van der Waals surface area contributed by atoms with Crippen molar-refractivity contribution in [1.82, 2.24) is 15.2 Å². The summed E-state index contributed by atoms with van der Waals surface area (Å²) in [5, 5.41) is 15.9. The second-order valence-electron chi connectivity index (χ2n) is 5.81. The molecule has 0 saturated heterocycles. The highest BCUT2D eigenvalue weighted by Crippen LogP contribution is 2.34. The number of nitriles is 1. The summed E-state index contributed by atoms with van der Waals surface area (Å²) in [6, 6.07) is 3.84. The molecule has 7 nitrogen and oxygen atoms in total. The Balaban J connectivity index is 2.74. The van der Waals surface area contributed by atoms with Crippen molar-refractivity contribution in [3.05, 3.63) is 29.2 Å². The van der Waals surface area contributed by atoms with E-state index in [1.54, 1.807) is 6.07 Å². The lowest BCUT2D eigenvalue weighted by Crippen LogP contribution is -2.19. The van der Waals surface area contributed by atoms with Crippen molar-refractivity contribution in [3.63, 3.8) is 0 Å². The lowest BCUT2D eigenvalue weighted by atomic mass is 9.84. The van der Waals surface area contributed by atoms with Crippen LogP contribution in [0.25, 0.3) is 11.1 Å². The molecule has 0 aliphatic heterocycles. The second kappa shape index (κ2) is 6.08. The summed E-state index contributed by atoms with van der Waals surface area (Å²) in [5.41, 5.74) is 7.88. The first-order valence-electron chi connectivity index (χ1n) is 7.18. The number of H-pyrrole nitrogens is 1. The van der Waals surface area contributed by atoms with E-state index in [-0.39, 0.29) is 22.5 Å². The van der Waals surface area contributed by atoms with Crippen LogP contribution in [0.2, 0.25) is 0 Å². The van der Waals surface area contributed by atoms with Gasteiger partial charge in [-0.25, -0.2) is 9.78 Å². The zero-order chi connectivity index (χ0) is 17.2. The molecule has 0 radical (unpaired) electrons. The van der Waals surface area contributed by atoms with E-state index in [9.17, 15) is 10.1 Å². The first kappa shape index (κ1) is 16.5. The normalized spacial score (nSPS) is 11.1. The fraction of sp³-hybridized carbons (Fsp3) is 0.375. The molecular weight excluding hydrogens is 294 g/mol. The maximum atomic E-state index is 11.9. The Morgan fingerprint density at radius 2 is 2.17 bits per heavy atom. The molecule has 2 rings (SSSR count). The third-order valence-electron chi connectivity index (χ3n) is 4.06. The zero-order valence-corrected chi connectivity index (χ0v) is 13.6. The standard InChI is InChI=1S/C16H19N5O2/c1-5-16(2,3)12-6-9(10(7-17)14(18)20-12)11-8-19-21-13(11)15(22)23-4/h6,8H,5H2,1-4H3,(H2,18,20)(H,19,21). The van der Waals surface area contributed by atoms with Crippen LogP contribution in [0.4, 0.5) is 5.82 Å². The lowest BCUT2D eigenvalue weighted by Gasteiger charge is -2.23. The molecule has 2 aromatic heterocycles. The molecule has 120 valence electrons. The topological polar surface area (TPSA) is 118 Å². The molecular formula is C16H19N5O2. The highest BCUT2D eigenvalue weighted by Gasteiger charge is 2.26. The molecule has 2 heterocycles. The number of hydrogen-bond donors (Lipinski definition) is 2. The summed E-state index contributed by atoms with van der Waals surface area (Å²) >= 11 is 0. The first-order valence-corrected chi connectivity index (χ1v) is 7.18. The average Bonchev–Trinajstić information content (AvgIpc) is 3.02.